The van der Waals surface area contributed by atoms with Crippen LogP contribution in [0.15, 0.2) is 12.2 Å². The third-order valence-electron chi connectivity index (χ3n) is 2.33. The van der Waals surface area contributed by atoms with Crippen molar-refractivity contribution in [3.8, 4) is 0 Å². The van der Waals surface area contributed by atoms with Crippen molar-refractivity contribution in [1.29, 1.82) is 0 Å². The first kappa shape index (κ1) is 25.5. The molecule has 0 amide bonds. The van der Waals surface area contributed by atoms with Crippen molar-refractivity contribution in [2.45, 2.75) is 53.4 Å². The first-order chi connectivity index (χ1) is 10.5. The molecule has 0 saturated carbocycles. The van der Waals surface area contributed by atoms with Gasteiger partial charge in [-0.1, -0.05) is 27.7 Å². The zero-order valence-electron chi connectivity index (χ0n) is 14.6. The van der Waals surface area contributed by atoms with E-state index >= 15 is 0 Å². The molecule has 22 heavy (non-hydrogen) atoms. The minimum Gasteiger partial charge on any atom is -0.545 e. The van der Waals surface area contributed by atoms with Gasteiger partial charge in [-0.15, -0.1) is 0 Å². The summed E-state index contributed by atoms with van der Waals surface area (Å²) in [5, 5.41) is 23.6. The number of aliphatic carboxylic acids is 2. The highest BCUT2D eigenvalue weighted by Gasteiger charge is 1.81. The SMILES string of the molecule is CCC[NH2+]CCC.CCC[NH2+]CCC.O=C([O-])/C=C\C(=O)[O-]. The van der Waals surface area contributed by atoms with E-state index < -0.39 is 11.9 Å². The normalized spacial score (nSPS) is 9.45. The second-order valence-electron chi connectivity index (χ2n) is 4.70. The summed E-state index contributed by atoms with van der Waals surface area (Å²) in [6.07, 6.45) is 5.99. The topological polar surface area (TPSA) is 113 Å². The molecule has 0 unspecified atom stereocenters. The second kappa shape index (κ2) is 24.6. The van der Waals surface area contributed by atoms with E-state index in [1.54, 1.807) is 0 Å². The molecule has 0 rings (SSSR count). The molecule has 0 spiro atoms. The Morgan fingerprint density at radius 3 is 1.05 bits per heavy atom. The first-order valence-corrected chi connectivity index (χ1v) is 8.19. The van der Waals surface area contributed by atoms with E-state index in [4.69, 9.17) is 0 Å². The van der Waals surface area contributed by atoms with Crippen molar-refractivity contribution >= 4 is 11.9 Å². The van der Waals surface area contributed by atoms with Gasteiger partial charge in [0, 0.05) is 0 Å². The molecule has 0 aliphatic rings. The van der Waals surface area contributed by atoms with Gasteiger partial charge < -0.3 is 30.4 Å². The third kappa shape index (κ3) is 42.8. The van der Waals surface area contributed by atoms with Gasteiger partial charge in [0.05, 0.1) is 38.1 Å². The molecule has 0 aromatic carbocycles. The van der Waals surface area contributed by atoms with Gasteiger partial charge in [-0.25, -0.2) is 0 Å². The van der Waals surface area contributed by atoms with Crippen molar-refractivity contribution in [2.24, 2.45) is 0 Å². The molecule has 0 fully saturated rings. The van der Waals surface area contributed by atoms with Crippen molar-refractivity contribution in [3.05, 3.63) is 12.2 Å². The summed E-state index contributed by atoms with van der Waals surface area (Å²) in [5.41, 5.74) is 0. The van der Waals surface area contributed by atoms with Gasteiger partial charge >= 0.3 is 0 Å². The zero-order chi connectivity index (χ0) is 17.6. The Labute approximate surface area is 135 Å². The summed E-state index contributed by atoms with van der Waals surface area (Å²) in [5.74, 6) is -3.09. The summed E-state index contributed by atoms with van der Waals surface area (Å²) < 4.78 is 0. The maximum atomic E-state index is 9.41. The smallest absolute Gasteiger partial charge is 0.0752 e. The quantitative estimate of drug-likeness (QED) is 0.351. The average molecular weight is 318 g/mol. The Morgan fingerprint density at radius 2 is 0.909 bits per heavy atom. The fourth-order valence-corrected chi connectivity index (χ4v) is 1.24. The molecule has 0 saturated heterocycles. The number of hydrogen-bond donors (Lipinski definition) is 2. The first-order valence-electron chi connectivity index (χ1n) is 8.19. The molecule has 0 aromatic heterocycles. The summed E-state index contributed by atoms with van der Waals surface area (Å²) in [4.78, 5) is 18.8. The van der Waals surface area contributed by atoms with E-state index in [1.165, 1.54) is 51.9 Å². The standard InChI is InChI=1S/2C6H15N.C4H4O4/c2*1-3-5-7-6-4-2;5-3(6)1-2-4(7)8/h2*7H,3-6H2,1-2H3;1-2H,(H,5,6)(H,7,8)/b;;2-1-. The average Bonchev–Trinajstić information content (AvgIpc) is 2.48. The van der Waals surface area contributed by atoms with Crippen molar-refractivity contribution in [2.75, 3.05) is 26.2 Å². The molecule has 6 heteroatoms. The molecular formula is C16H34N2O4. The van der Waals surface area contributed by atoms with E-state index in [0.29, 0.717) is 12.2 Å². The van der Waals surface area contributed by atoms with Crippen LogP contribution >= 0.6 is 0 Å². The van der Waals surface area contributed by atoms with Crippen LogP contribution in [0.1, 0.15) is 53.4 Å². The number of carboxylic acids is 2. The van der Waals surface area contributed by atoms with Crippen LogP contribution in [0.3, 0.4) is 0 Å². The number of carboxylic acid groups (broad SMARTS) is 2. The Kier molecular flexibility index (Phi) is 28.6. The number of quaternary nitrogens is 2. The Balaban J connectivity index is -0.000000247. The fourth-order valence-electron chi connectivity index (χ4n) is 1.24. The van der Waals surface area contributed by atoms with Crippen LogP contribution in [-0.4, -0.2) is 38.1 Å². The van der Waals surface area contributed by atoms with Crippen LogP contribution in [0.2, 0.25) is 0 Å². The largest absolute Gasteiger partial charge is 0.545 e. The predicted molar refractivity (Wildman–Crippen MR) is 83.6 cm³/mol. The summed E-state index contributed by atoms with van der Waals surface area (Å²) in [7, 11) is 0. The fraction of sp³-hybridized carbons (Fsp3) is 0.750. The van der Waals surface area contributed by atoms with Gasteiger partial charge in [-0.2, -0.15) is 0 Å². The van der Waals surface area contributed by atoms with Gasteiger partial charge in [-0.05, 0) is 37.8 Å². The third-order valence-corrected chi connectivity index (χ3v) is 2.33. The van der Waals surface area contributed by atoms with Gasteiger partial charge in [0.2, 0.25) is 0 Å². The number of rotatable bonds is 10. The molecule has 0 aromatic rings. The zero-order valence-corrected chi connectivity index (χ0v) is 14.6. The molecule has 0 bridgehead atoms. The number of nitrogens with two attached hydrogens (primary N) is 2. The molecular weight excluding hydrogens is 284 g/mol. The summed E-state index contributed by atoms with van der Waals surface area (Å²) in [6.45, 7) is 14.1. The molecule has 0 aliphatic heterocycles. The second-order valence-corrected chi connectivity index (χ2v) is 4.70. The minimum atomic E-state index is -1.55. The molecule has 0 atom stereocenters. The van der Waals surface area contributed by atoms with Crippen LogP contribution in [-0.2, 0) is 9.59 Å². The number of carbonyl (C=O) groups excluding carboxylic acids is 2. The lowest BCUT2D eigenvalue weighted by Gasteiger charge is -1.92. The molecule has 0 heterocycles. The van der Waals surface area contributed by atoms with Gasteiger partial charge in [0.15, 0.2) is 0 Å². The summed E-state index contributed by atoms with van der Waals surface area (Å²) in [6, 6.07) is 0. The van der Waals surface area contributed by atoms with Crippen molar-refractivity contribution < 1.29 is 30.4 Å². The molecule has 132 valence electrons. The predicted octanol–water partition coefficient (Wildman–Crippen LogP) is -2.22. The maximum absolute atomic E-state index is 9.41. The highest BCUT2D eigenvalue weighted by molar-refractivity contribution is 5.87. The maximum Gasteiger partial charge on any atom is 0.0752 e. The number of carbonyl (C=O) groups is 2. The van der Waals surface area contributed by atoms with E-state index in [9.17, 15) is 19.8 Å². The Morgan fingerprint density at radius 1 is 0.682 bits per heavy atom. The van der Waals surface area contributed by atoms with Crippen LogP contribution < -0.4 is 20.8 Å². The van der Waals surface area contributed by atoms with E-state index in [1.807, 2.05) is 0 Å². The molecule has 0 aliphatic carbocycles. The van der Waals surface area contributed by atoms with Gasteiger partial charge in [-0.3, -0.25) is 0 Å². The lowest BCUT2D eigenvalue weighted by Crippen LogP contribution is -2.84. The van der Waals surface area contributed by atoms with E-state index in [-0.39, 0.29) is 0 Å². The van der Waals surface area contributed by atoms with Gasteiger partial charge in [0.25, 0.3) is 0 Å². The highest BCUT2D eigenvalue weighted by atomic mass is 16.4. The van der Waals surface area contributed by atoms with Crippen LogP contribution in [0, 0.1) is 0 Å². The molecule has 0 radical (unpaired) electrons. The monoisotopic (exact) mass is 318 g/mol. The molecule has 6 nitrogen and oxygen atoms in total. The minimum absolute atomic E-state index is 0.384. The molecule has 4 N–H and O–H groups in total. The van der Waals surface area contributed by atoms with Gasteiger partial charge in [0.1, 0.15) is 0 Å². The summed E-state index contributed by atoms with van der Waals surface area (Å²) >= 11 is 0. The highest BCUT2D eigenvalue weighted by Crippen LogP contribution is 1.64. The lowest BCUT2D eigenvalue weighted by atomic mass is 10.4. The van der Waals surface area contributed by atoms with E-state index in [0.717, 1.165) is 0 Å². The number of hydrogen-bond acceptors (Lipinski definition) is 4. The van der Waals surface area contributed by atoms with E-state index in [2.05, 4.69) is 38.3 Å². The van der Waals surface area contributed by atoms with Crippen LogP contribution in [0.25, 0.3) is 0 Å². The van der Waals surface area contributed by atoms with Crippen LogP contribution in [0.4, 0.5) is 0 Å². The van der Waals surface area contributed by atoms with Crippen molar-refractivity contribution in [1.82, 2.24) is 0 Å². The van der Waals surface area contributed by atoms with Crippen LogP contribution in [0.5, 0.6) is 0 Å². The van der Waals surface area contributed by atoms with Crippen molar-refractivity contribution in [3.63, 3.8) is 0 Å². The lowest BCUT2D eigenvalue weighted by molar-refractivity contribution is -0.654. The Hall–Kier alpha value is -1.40. The Bertz CT molecular complexity index is 235.